The number of nitrogens with one attached hydrogen (secondary N) is 1. The number of carbonyl (C=O) groups excluding carboxylic acids is 1. The van der Waals surface area contributed by atoms with Crippen molar-refractivity contribution < 1.29 is 9.32 Å². The van der Waals surface area contributed by atoms with Crippen LogP contribution < -0.4 is 5.32 Å². The second-order valence-corrected chi connectivity index (χ2v) is 8.57. The zero-order valence-corrected chi connectivity index (χ0v) is 17.0. The highest BCUT2D eigenvalue weighted by atomic mass is 16.5. The number of pyridine rings is 1. The van der Waals surface area contributed by atoms with Crippen LogP contribution in [-0.2, 0) is 11.0 Å². The molecule has 0 fully saturated rings. The predicted octanol–water partition coefficient (Wildman–Crippen LogP) is 4.20. The van der Waals surface area contributed by atoms with E-state index in [1.807, 2.05) is 72.7 Å². The number of rotatable bonds is 3. The van der Waals surface area contributed by atoms with E-state index >= 15 is 0 Å². The lowest BCUT2D eigenvalue weighted by Gasteiger charge is -2.23. The lowest BCUT2D eigenvalue weighted by atomic mass is 9.96. The molecular weight excluding hydrogens is 340 g/mol. The summed E-state index contributed by atoms with van der Waals surface area (Å²) in [6.07, 6.45) is 0. The van der Waals surface area contributed by atoms with Crippen molar-refractivity contribution in [2.75, 3.05) is 0 Å². The molecule has 0 bridgehead atoms. The highest BCUT2D eigenvalue weighted by Gasteiger charge is 2.32. The van der Waals surface area contributed by atoms with E-state index in [4.69, 9.17) is 4.52 Å². The van der Waals surface area contributed by atoms with Gasteiger partial charge in [0, 0.05) is 10.8 Å². The normalized spacial score (nSPS) is 12.4. The third-order valence-electron chi connectivity index (χ3n) is 4.46. The molecule has 0 aliphatic heterocycles. The van der Waals surface area contributed by atoms with Gasteiger partial charge in [0.05, 0.1) is 22.3 Å². The van der Waals surface area contributed by atoms with Crippen LogP contribution in [0.4, 0.5) is 0 Å². The largest absolute Gasteiger partial charge is 0.340 e. The summed E-state index contributed by atoms with van der Waals surface area (Å²) in [7, 11) is 0. The first-order chi connectivity index (χ1) is 12.5. The van der Waals surface area contributed by atoms with Crippen molar-refractivity contribution in [2.24, 2.45) is 0 Å². The van der Waals surface area contributed by atoms with Gasteiger partial charge in [-0.05, 0) is 45.4 Å². The fourth-order valence-electron chi connectivity index (χ4n) is 2.79. The summed E-state index contributed by atoms with van der Waals surface area (Å²) in [5, 5.41) is 8.01. The highest BCUT2D eigenvalue weighted by Crippen LogP contribution is 2.25. The first-order valence-electron chi connectivity index (χ1n) is 9.02. The Labute approximate surface area is 159 Å². The predicted molar refractivity (Wildman–Crippen MR) is 105 cm³/mol. The third kappa shape index (κ3) is 3.84. The molecule has 3 aromatic rings. The van der Waals surface area contributed by atoms with E-state index in [1.54, 1.807) is 0 Å². The monoisotopic (exact) mass is 366 g/mol. The van der Waals surface area contributed by atoms with Gasteiger partial charge in [0.15, 0.2) is 5.82 Å². The van der Waals surface area contributed by atoms with Gasteiger partial charge in [-0.25, -0.2) is 0 Å². The summed E-state index contributed by atoms with van der Waals surface area (Å²) in [4.78, 5) is 22.0. The van der Waals surface area contributed by atoms with Crippen molar-refractivity contribution in [3.8, 4) is 0 Å². The third-order valence-corrected chi connectivity index (χ3v) is 4.46. The Balaban J connectivity index is 1.90. The molecule has 0 atom stereocenters. The summed E-state index contributed by atoms with van der Waals surface area (Å²) in [6.45, 7) is 13.6. The Morgan fingerprint density at radius 3 is 2.37 bits per heavy atom. The van der Waals surface area contributed by atoms with E-state index in [0.29, 0.717) is 23.0 Å². The minimum Gasteiger partial charge on any atom is -0.340 e. The van der Waals surface area contributed by atoms with Gasteiger partial charge in [-0.1, -0.05) is 38.1 Å². The molecule has 0 saturated carbocycles. The van der Waals surface area contributed by atoms with E-state index in [9.17, 15) is 4.79 Å². The van der Waals surface area contributed by atoms with Crippen molar-refractivity contribution >= 4 is 16.8 Å². The van der Waals surface area contributed by atoms with E-state index in [1.165, 1.54) is 0 Å². The van der Waals surface area contributed by atoms with Gasteiger partial charge in [0.25, 0.3) is 5.91 Å². The van der Waals surface area contributed by atoms with Crippen molar-refractivity contribution in [1.82, 2.24) is 20.4 Å². The van der Waals surface area contributed by atoms with Gasteiger partial charge >= 0.3 is 0 Å². The van der Waals surface area contributed by atoms with E-state index in [0.717, 1.165) is 16.5 Å². The fourth-order valence-corrected chi connectivity index (χ4v) is 2.79. The molecule has 0 spiro atoms. The molecule has 0 saturated heterocycles. The second kappa shape index (κ2) is 6.44. The van der Waals surface area contributed by atoms with Crippen molar-refractivity contribution in [2.45, 2.75) is 59.4 Å². The van der Waals surface area contributed by atoms with Gasteiger partial charge in [-0.15, -0.1) is 0 Å². The Morgan fingerprint density at radius 2 is 1.74 bits per heavy atom. The van der Waals surface area contributed by atoms with E-state index < -0.39 is 5.54 Å². The van der Waals surface area contributed by atoms with Crippen LogP contribution in [0.2, 0.25) is 0 Å². The van der Waals surface area contributed by atoms with Gasteiger partial charge in [-0.2, -0.15) is 4.98 Å². The lowest BCUT2D eigenvalue weighted by molar-refractivity contribution is 0.0906. The molecule has 142 valence electrons. The van der Waals surface area contributed by atoms with E-state index in [-0.39, 0.29) is 11.3 Å². The highest BCUT2D eigenvalue weighted by molar-refractivity contribution is 5.99. The van der Waals surface area contributed by atoms with Crippen LogP contribution in [0.15, 0.2) is 28.8 Å². The summed E-state index contributed by atoms with van der Waals surface area (Å²) in [5.74, 6) is 0.774. The quantitative estimate of drug-likeness (QED) is 0.751. The average molecular weight is 366 g/mol. The number of benzene rings is 1. The van der Waals surface area contributed by atoms with E-state index in [2.05, 4.69) is 20.4 Å². The molecule has 1 N–H and O–H groups in total. The van der Waals surface area contributed by atoms with Crippen molar-refractivity contribution in [3.05, 3.63) is 52.8 Å². The molecule has 6 nitrogen and oxygen atoms in total. The first kappa shape index (κ1) is 19.0. The van der Waals surface area contributed by atoms with Crippen LogP contribution in [0.1, 0.15) is 67.9 Å². The van der Waals surface area contributed by atoms with Crippen molar-refractivity contribution in [1.29, 1.82) is 0 Å². The molecule has 3 rings (SSSR count). The molecule has 6 heteroatoms. The Bertz CT molecular complexity index is 1010. The molecule has 27 heavy (non-hydrogen) atoms. The maximum Gasteiger partial charge on any atom is 0.253 e. The summed E-state index contributed by atoms with van der Waals surface area (Å²) >= 11 is 0. The van der Waals surface area contributed by atoms with Crippen LogP contribution in [0.25, 0.3) is 10.9 Å². The molecule has 0 radical (unpaired) electrons. The van der Waals surface area contributed by atoms with Crippen LogP contribution in [0.3, 0.4) is 0 Å². The summed E-state index contributed by atoms with van der Waals surface area (Å²) in [6, 6.07) is 7.88. The maximum atomic E-state index is 12.9. The lowest BCUT2D eigenvalue weighted by Crippen LogP contribution is -2.42. The zero-order valence-electron chi connectivity index (χ0n) is 17.0. The summed E-state index contributed by atoms with van der Waals surface area (Å²) in [5.41, 5.74) is 2.22. The number of hydrogen-bond acceptors (Lipinski definition) is 5. The Hall–Kier alpha value is -2.76. The van der Waals surface area contributed by atoms with Crippen LogP contribution in [0, 0.1) is 13.8 Å². The van der Waals surface area contributed by atoms with Crippen LogP contribution in [0.5, 0.6) is 0 Å². The average Bonchev–Trinajstić information content (AvgIpc) is 3.04. The molecular formula is C21H26N4O2. The number of amides is 1. The molecule has 0 unspecified atom stereocenters. The standard InChI is InChI=1S/C21H26N4O2/c1-12-8-9-14-11-15(13(2)22-16(14)10-12)17(26)24-21(6,7)18-23-19(27-25-18)20(3,4)5/h8-11H,1-7H3,(H,24,26). The van der Waals surface area contributed by atoms with Gasteiger partial charge in [0.1, 0.15) is 0 Å². The molecule has 0 aliphatic carbocycles. The number of hydrogen-bond donors (Lipinski definition) is 1. The van der Waals surface area contributed by atoms with Gasteiger partial charge in [0.2, 0.25) is 5.89 Å². The van der Waals surface area contributed by atoms with Crippen molar-refractivity contribution in [3.63, 3.8) is 0 Å². The molecule has 1 aromatic carbocycles. The minimum atomic E-state index is -0.779. The number of fused-ring (bicyclic) bond motifs is 1. The number of aromatic nitrogens is 3. The van der Waals surface area contributed by atoms with Gasteiger partial charge in [-0.3, -0.25) is 9.78 Å². The number of nitrogens with zero attached hydrogens (tertiary/aromatic N) is 3. The summed E-state index contributed by atoms with van der Waals surface area (Å²) < 4.78 is 5.37. The second-order valence-electron chi connectivity index (χ2n) is 8.57. The SMILES string of the molecule is Cc1ccc2cc(C(=O)NC(C)(C)c3noc(C(C)(C)C)n3)c(C)nc2c1. The smallest absolute Gasteiger partial charge is 0.253 e. The Kier molecular flexibility index (Phi) is 4.54. The number of aryl methyl sites for hydroxylation is 2. The number of carbonyl (C=O) groups is 1. The topological polar surface area (TPSA) is 80.9 Å². The van der Waals surface area contributed by atoms with Crippen LogP contribution in [-0.4, -0.2) is 21.0 Å². The zero-order chi connectivity index (χ0) is 20.0. The molecule has 2 aromatic heterocycles. The molecule has 2 heterocycles. The first-order valence-corrected chi connectivity index (χ1v) is 9.02. The fraction of sp³-hybridized carbons (Fsp3) is 0.429. The maximum absolute atomic E-state index is 12.9. The minimum absolute atomic E-state index is 0.213. The molecule has 0 aliphatic rings. The molecule has 1 amide bonds. The van der Waals surface area contributed by atoms with Gasteiger partial charge < -0.3 is 9.84 Å². The Morgan fingerprint density at radius 1 is 1.04 bits per heavy atom. The van der Waals surface area contributed by atoms with Crippen LogP contribution >= 0.6 is 0 Å².